The van der Waals surface area contributed by atoms with Crippen LogP contribution in [0, 0.1) is 0 Å². The number of aliphatic hydroxyl groups excluding tert-OH is 1. The van der Waals surface area contributed by atoms with Crippen molar-refractivity contribution in [2.45, 2.75) is 6.92 Å². The first-order valence-electron chi connectivity index (χ1n) is 3.70. The lowest BCUT2D eigenvalue weighted by Crippen LogP contribution is -2.52. The van der Waals surface area contributed by atoms with Gasteiger partial charge in [-0.05, 0) is 21.0 Å². The third-order valence-electron chi connectivity index (χ3n) is 1.72. The summed E-state index contributed by atoms with van der Waals surface area (Å²) in [7, 11) is 3.81. The molecule has 4 nitrogen and oxygen atoms in total. The molecule has 0 bridgehead atoms. The molecule has 11 heavy (non-hydrogen) atoms. The second-order valence-electron chi connectivity index (χ2n) is 3.01. The first-order valence-corrected chi connectivity index (χ1v) is 3.70. The summed E-state index contributed by atoms with van der Waals surface area (Å²) >= 11 is 0. The van der Waals surface area contributed by atoms with E-state index in [1.807, 2.05) is 25.9 Å². The lowest BCUT2D eigenvalue weighted by atomic mass is 10.5. The van der Waals surface area contributed by atoms with Crippen LogP contribution in [0.2, 0.25) is 0 Å². The van der Waals surface area contributed by atoms with Gasteiger partial charge in [-0.3, -0.25) is 4.90 Å². The van der Waals surface area contributed by atoms with Crippen LogP contribution >= 0.6 is 0 Å². The summed E-state index contributed by atoms with van der Waals surface area (Å²) in [5.41, 5.74) is 0. The fraction of sp³-hybridized carbons (Fsp3) is 0.857. The Labute approximate surface area is 67.6 Å². The Hall–Kier alpha value is -0.450. The van der Waals surface area contributed by atoms with Crippen molar-refractivity contribution in [3.05, 3.63) is 0 Å². The summed E-state index contributed by atoms with van der Waals surface area (Å²) in [5, 5.41) is 8.98. The molecule has 0 aliphatic carbocycles. The molecule has 0 aromatic heterocycles. The van der Waals surface area contributed by atoms with Gasteiger partial charge in [-0.1, -0.05) is 0 Å². The topological polar surface area (TPSA) is 44.9 Å². The Morgan fingerprint density at radius 3 is 2.18 bits per heavy atom. The summed E-state index contributed by atoms with van der Waals surface area (Å²) in [4.78, 5) is 10.8. The first kappa shape index (κ1) is 10.6. The summed E-state index contributed by atoms with van der Waals surface area (Å²) in [6.45, 7) is 3.16. The molecule has 0 heterocycles. The van der Waals surface area contributed by atoms with Crippen molar-refractivity contribution in [2.75, 3.05) is 34.0 Å². The van der Waals surface area contributed by atoms with E-state index in [2.05, 4.69) is 0 Å². The summed E-state index contributed by atoms with van der Waals surface area (Å²) < 4.78 is 0.201. The Balaban J connectivity index is 4.16. The standard InChI is InChI=1S/C7H17N2O2/c1-4-9(6-10,7-11)5-8(2)3/h6,11H,4-5,7H2,1-3H3/q+1/p+1. The van der Waals surface area contributed by atoms with E-state index in [1.165, 1.54) is 0 Å². The van der Waals surface area contributed by atoms with Gasteiger partial charge >= 0.3 is 6.41 Å². The molecule has 2 N–H and O–H groups in total. The SMILES string of the molecule is CC[N+](C=[OH+])(CO)CN(C)C. The van der Waals surface area contributed by atoms with Crippen molar-refractivity contribution in [3.63, 3.8) is 0 Å². The molecule has 0 aromatic carbocycles. The quantitative estimate of drug-likeness (QED) is 0.254. The lowest BCUT2D eigenvalue weighted by molar-refractivity contribution is -0.866. The zero-order valence-electron chi connectivity index (χ0n) is 7.49. The van der Waals surface area contributed by atoms with Gasteiger partial charge in [-0.15, -0.1) is 0 Å². The monoisotopic (exact) mass is 162 g/mol. The molecule has 0 fully saturated rings. The molecule has 66 valence electrons. The molecule has 0 saturated carbocycles. The lowest BCUT2D eigenvalue weighted by Gasteiger charge is -2.27. The minimum absolute atomic E-state index is 0.0643. The number of hydrogen-bond acceptors (Lipinski definition) is 2. The van der Waals surface area contributed by atoms with E-state index in [4.69, 9.17) is 9.90 Å². The number of aliphatic hydroxyl groups is 1. The third-order valence-corrected chi connectivity index (χ3v) is 1.72. The normalized spacial score (nSPS) is 16.5. The molecule has 0 spiro atoms. The Bertz CT molecular complexity index is 122. The van der Waals surface area contributed by atoms with Gasteiger partial charge in [0.05, 0.1) is 6.54 Å². The number of hydrogen-bond donors (Lipinski definition) is 1. The molecular formula is C7H18N2O2+2. The molecule has 4 heteroatoms. The fourth-order valence-electron chi connectivity index (χ4n) is 0.963. The Kier molecular flexibility index (Phi) is 4.25. The number of nitrogens with zero attached hydrogens (tertiary/aromatic N) is 2. The largest absolute Gasteiger partial charge is 0.472 e. The number of quaternary nitrogens is 1. The van der Waals surface area contributed by atoms with Gasteiger partial charge in [0.25, 0.3) is 0 Å². The third kappa shape index (κ3) is 2.96. The average Bonchev–Trinajstić information content (AvgIpc) is 2.00. The second-order valence-corrected chi connectivity index (χ2v) is 3.01. The predicted molar refractivity (Wildman–Crippen MR) is 44.4 cm³/mol. The minimum atomic E-state index is -0.0643. The van der Waals surface area contributed by atoms with Gasteiger partial charge in [0.1, 0.15) is 6.67 Å². The van der Waals surface area contributed by atoms with Gasteiger partial charge in [0, 0.05) is 0 Å². The molecule has 0 aliphatic rings. The van der Waals surface area contributed by atoms with Crippen molar-refractivity contribution in [3.8, 4) is 0 Å². The highest BCUT2D eigenvalue weighted by Gasteiger charge is 2.27. The summed E-state index contributed by atoms with van der Waals surface area (Å²) in [6.07, 6.45) is 1.04. The van der Waals surface area contributed by atoms with E-state index in [-0.39, 0.29) is 11.2 Å². The van der Waals surface area contributed by atoms with Crippen LogP contribution < -0.4 is 0 Å². The second kappa shape index (κ2) is 4.43. The van der Waals surface area contributed by atoms with E-state index < -0.39 is 0 Å². The van der Waals surface area contributed by atoms with E-state index in [9.17, 15) is 0 Å². The van der Waals surface area contributed by atoms with Gasteiger partial charge in [-0.2, -0.15) is 4.48 Å². The number of carbonyl (C=O) groups excluding carboxylic acids is 1. The van der Waals surface area contributed by atoms with Gasteiger partial charge in [0.15, 0.2) is 6.73 Å². The molecule has 0 aromatic rings. The van der Waals surface area contributed by atoms with E-state index in [0.717, 1.165) is 6.41 Å². The zero-order chi connectivity index (χ0) is 8.91. The van der Waals surface area contributed by atoms with Crippen LogP contribution in [0.5, 0.6) is 0 Å². The van der Waals surface area contributed by atoms with Crippen molar-refractivity contribution >= 4 is 6.41 Å². The maximum Gasteiger partial charge on any atom is 0.472 e. The minimum Gasteiger partial charge on any atom is -0.347 e. The molecule has 1 unspecified atom stereocenters. The maximum atomic E-state index is 8.98. The highest BCUT2D eigenvalue weighted by molar-refractivity contribution is 5.38. The van der Waals surface area contributed by atoms with Crippen molar-refractivity contribution in [1.82, 2.24) is 4.90 Å². The van der Waals surface area contributed by atoms with Gasteiger partial charge in [-0.25, -0.2) is 4.79 Å². The zero-order valence-corrected chi connectivity index (χ0v) is 7.49. The molecule has 0 radical (unpaired) electrons. The fourth-order valence-corrected chi connectivity index (χ4v) is 0.963. The van der Waals surface area contributed by atoms with Crippen LogP contribution in [0.4, 0.5) is 0 Å². The van der Waals surface area contributed by atoms with E-state index in [1.54, 1.807) is 0 Å². The predicted octanol–water partition coefficient (Wildman–Crippen LogP) is -0.576. The van der Waals surface area contributed by atoms with Crippen molar-refractivity contribution < 1.29 is 14.4 Å². The smallest absolute Gasteiger partial charge is 0.347 e. The number of rotatable bonds is 5. The van der Waals surface area contributed by atoms with Crippen molar-refractivity contribution in [1.29, 1.82) is 0 Å². The Morgan fingerprint density at radius 2 is 2.09 bits per heavy atom. The number of amides is 1. The molecule has 1 amide bonds. The van der Waals surface area contributed by atoms with Crippen LogP contribution in [0.15, 0.2) is 0 Å². The highest BCUT2D eigenvalue weighted by atomic mass is 16.3. The van der Waals surface area contributed by atoms with Crippen LogP contribution in [0.25, 0.3) is 0 Å². The Morgan fingerprint density at radius 1 is 1.55 bits per heavy atom. The van der Waals surface area contributed by atoms with Crippen LogP contribution in [-0.4, -0.2) is 59.7 Å². The van der Waals surface area contributed by atoms with Gasteiger partial charge < -0.3 is 5.11 Å². The highest BCUT2D eigenvalue weighted by Crippen LogP contribution is 2.00. The maximum absolute atomic E-state index is 8.98. The molecule has 0 rings (SSSR count). The average molecular weight is 162 g/mol. The molecule has 1 atom stereocenters. The van der Waals surface area contributed by atoms with E-state index in [0.29, 0.717) is 13.2 Å². The van der Waals surface area contributed by atoms with E-state index >= 15 is 0 Å². The molecule has 0 aliphatic heterocycles. The van der Waals surface area contributed by atoms with Crippen LogP contribution in [0.1, 0.15) is 6.92 Å². The van der Waals surface area contributed by atoms with Crippen LogP contribution in [-0.2, 0) is 0 Å². The molecule has 0 saturated heterocycles. The summed E-state index contributed by atoms with van der Waals surface area (Å²) in [5.74, 6) is 0. The van der Waals surface area contributed by atoms with Crippen LogP contribution in [0.3, 0.4) is 0 Å². The van der Waals surface area contributed by atoms with Crippen molar-refractivity contribution in [2.24, 2.45) is 0 Å². The first-order chi connectivity index (χ1) is 5.10. The summed E-state index contributed by atoms with van der Waals surface area (Å²) in [6, 6.07) is 0. The molecular weight excluding hydrogens is 144 g/mol. The van der Waals surface area contributed by atoms with Gasteiger partial charge in [0.2, 0.25) is 0 Å².